The van der Waals surface area contributed by atoms with Gasteiger partial charge in [-0.15, -0.1) is 12.4 Å². The van der Waals surface area contributed by atoms with E-state index in [4.69, 9.17) is 22.1 Å². The van der Waals surface area contributed by atoms with Crippen LogP contribution in [0.25, 0.3) is 0 Å². The van der Waals surface area contributed by atoms with E-state index in [-0.39, 0.29) is 24.4 Å². The van der Waals surface area contributed by atoms with Crippen molar-refractivity contribution < 1.29 is 9.53 Å². The minimum atomic E-state index is -0.0996. The molecule has 1 amide bonds. The third-order valence-electron chi connectivity index (χ3n) is 5.36. The molecule has 0 saturated heterocycles. The third kappa shape index (κ3) is 5.49. The van der Waals surface area contributed by atoms with Gasteiger partial charge < -0.3 is 15.8 Å². The van der Waals surface area contributed by atoms with Crippen LogP contribution in [0.5, 0.6) is 5.75 Å². The van der Waals surface area contributed by atoms with Gasteiger partial charge in [-0.1, -0.05) is 29.8 Å². The zero-order valence-corrected chi connectivity index (χ0v) is 18.8. The molecule has 0 spiro atoms. The van der Waals surface area contributed by atoms with Gasteiger partial charge in [-0.05, 0) is 68.1 Å². The SMILES string of the molecule is Cc1cc(N)c2c(n1)CCC(NC(=O)c1ccccc1COc1ccc(Cl)cc1)C2.Cl. The monoisotopic (exact) mass is 457 g/mol. The fourth-order valence-corrected chi connectivity index (χ4v) is 3.97. The van der Waals surface area contributed by atoms with Crippen molar-refractivity contribution in [2.45, 2.75) is 38.8 Å². The van der Waals surface area contributed by atoms with E-state index >= 15 is 0 Å². The van der Waals surface area contributed by atoms with Crippen LogP contribution >= 0.6 is 24.0 Å². The summed E-state index contributed by atoms with van der Waals surface area (Å²) in [5.74, 6) is 0.606. The van der Waals surface area contributed by atoms with Gasteiger partial charge in [-0.3, -0.25) is 9.78 Å². The van der Waals surface area contributed by atoms with Gasteiger partial charge in [0.15, 0.2) is 0 Å². The number of carbonyl (C=O) groups excluding carboxylic acids is 1. The van der Waals surface area contributed by atoms with Crippen molar-refractivity contribution in [3.63, 3.8) is 0 Å². The number of anilines is 1. The molecule has 3 aromatic rings. The van der Waals surface area contributed by atoms with Crippen molar-refractivity contribution in [3.05, 3.63) is 87.7 Å². The molecule has 31 heavy (non-hydrogen) atoms. The number of nitrogen functional groups attached to an aromatic ring is 1. The Labute approximate surface area is 193 Å². The maximum atomic E-state index is 13.0. The highest BCUT2D eigenvalue weighted by Gasteiger charge is 2.24. The van der Waals surface area contributed by atoms with Crippen LogP contribution in [0, 0.1) is 6.92 Å². The molecule has 5 nitrogen and oxygen atoms in total. The highest BCUT2D eigenvalue weighted by atomic mass is 35.5. The summed E-state index contributed by atoms with van der Waals surface area (Å²) in [7, 11) is 0. The van der Waals surface area contributed by atoms with Crippen molar-refractivity contribution in [1.29, 1.82) is 0 Å². The predicted molar refractivity (Wildman–Crippen MR) is 126 cm³/mol. The number of halogens is 2. The van der Waals surface area contributed by atoms with Crippen LogP contribution < -0.4 is 15.8 Å². The molecular weight excluding hydrogens is 433 g/mol. The number of hydrogen-bond acceptors (Lipinski definition) is 4. The molecule has 1 aliphatic rings. The third-order valence-corrected chi connectivity index (χ3v) is 5.61. The van der Waals surface area contributed by atoms with E-state index in [0.29, 0.717) is 29.4 Å². The van der Waals surface area contributed by atoms with Crippen molar-refractivity contribution in [3.8, 4) is 5.75 Å². The molecule has 1 aliphatic carbocycles. The first-order valence-corrected chi connectivity index (χ1v) is 10.4. The van der Waals surface area contributed by atoms with Crippen LogP contribution in [-0.2, 0) is 19.4 Å². The van der Waals surface area contributed by atoms with E-state index in [0.717, 1.165) is 41.0 Å². The molecule has 7 heteroatoms. The number of nitrogens with zero attached hydrogens (tertiary/aromatic N) is 1. The van der Waals surface area contributed by atoms with Crippen LogP contribution in [-0.4, -0.2) is 16.9 Å². The summed E-state index contributed by atoms with van der Waals surface area (Å²) >= 11 is 5.92. The van der Waals surface area contributed by atoms with Crippen LogP contribution in [0.2, 0.25) is 5.02 Å². The Hall–Kier alpha value is -2.76. The molecule has 0 bridgehead atoms. The summed E-state index contributed by atoms with van der Waals surface area (Å²) in [5.41, 5.74) is 11.4. The number of hydrogen-bond donors (Lipinski definition) is 2. The van der Waals surface area contributed by atoms with Gasteiger partial charge in [0.1, 0.15) is 12.4 Å². The van der Waals surface area contributed by atoms with Crippen molar-refractivity contribution in [2.75, 3.05) is 5.73 Å². The first-order chi connectivity index (χ1) is 14.5. The van der Waals surface area contributed by atoms with Gasteiger partial charge in [0.25, 0.3) is 5.91 Å². The molecule has 0 radical (unpaired) electrons. The number of carbonyl (C=O) groups is 1. The standard InChI is InChI=1S/C24H24ClN3O2.ClH/c1-15-12-22(26)21-13-18(8-11-23(21)27-15)28-24(29)20-5-3-2-4-16(20)14-30-19-9-6-17(25)7-10-19;/h2-7,9-10,12,18H,8,11,13-14H2,1H3,(H2,26,27)(H,28,29);1H. The first kappa shape index (κ1) is 22.9. The van der Waals surface area contributed by atoms with E-state index in [9.17, 15) is 4.79 Å². The number of pyridine rings is 1. The van der Waals surface area contributed by atoms with Crippen LogP contribution in [0.4, 0.5) is 5.69 Å². The fourth-order valence-electron chi connectivity index (χ4n) is 3.84. The average molecular weight is 458 g/mol. The lowest BCUT2D eigenvalue weighted by Gasteiger charge is -2.26. The van der Waals surface area contributed by atoms with Gasteiger partial charge in [0.2, 0.25) is 0 Å². The minimum absolute atomic E-state index is 0. The summed E-state index contributed by atoms with van der Waals surface area (Å²) in [6, 6.07) is 16.6. The number of aromatic nitrogens is 1. The number of ether oxygens (including phenoxy) is 1. The molecule has 0 aliphatic heterocycles. The largest absolute Gasteiger partial charge is 0.489 e. The number of rotatable bonds is 5. The van der Waals surface area contributed by atoms with Gasteiger partial charge in [0.05, 0.1) is 0 Å². The van der Waals surface area contributed by atoms with Gasteiger partial charge in [-0.25, -0.2) is 0 Å². The number of amides is 1. The zero-order valence-electron chi connectivity index (χ0n) is 17.2. The van der Waals surface area contributed by atoms with Gasteiger partial charge in [0, 0.05) is 39.3 Å². The van der Waals surface area contributed by atoms with Crippen LogP contribution in [0.3, 0.4) is 0 Å². The van der Waals surface area contributed by atoms with E-state index in [1.807, 2.05) is 49.4 Å². The molecule has 1 heterocycles. The van der Waals surface area contributed by atoms with Crippen molar-refractivity contribution in [2.24, 2.45) is 0 Å². The fraction of sp³-hybridized carbons (Fsp3) is 0.250. The topological polar surface area (TPSA) is 77.2 Å². The predicted octanol–water partition coefficient (Wildman–Crippen LogP) is 4.91. The summed E-state index contributed by atoms with van der Waals surface area (Å²) in [6.07, 6.45) is 2.36. The molecule has 0 saturated carbocycles. The van der Waals surface area contributed by atoms with E-state index in [2.05, 4.69) is 10.3 Å². The molecule has 2 aromatic carbocycles. The number of aryl methyl sites for hydroxylation is 2. The maximum Gasteiger partial charge on any atom is 0.251 e. The Bertz CT molecular complexity index is 1070. The Morgan fingerprint density at radius 2 is 1.97 bits per heavy atom. The van der Waals surface area contributed by atoms with Crippen LogP contribution in [0.1, 0.15) is 39.3 Å². The number of fused-ring (bicyclic) bond motifs is 1. The quantitative estimate of drug-likeness (QED) is 0.570. The second-order valence-corrected chi connectivity index (χ2v) is 8.03. The van der Waals surface area contributed by atoms with Crippen molar-refractivity contribution >= 4 is 35.6 Å². The van der Waals surface area contributed by atoms with E-state index in [1.165, 1.54) is 0 Å². The Balaban J connectivity index is 0.00000272. The van der Waals surface area contributed by atoms with Gasteiger partial charge >= 0.3 is 0 Å². The molecule has 1 aromatic heterocycles. The molecule has 4 rings (SSSR count). The smallest absolute Gasteiger partial charge is 0.251 e. The summed E-state index contributed by atoms with van der Waals surface area (Å²) < 4.78 is 5.84. The molecule has 162 valence electrons. The van der Waals surface area contributed by atoms with Crippen LogP contribution in [0.15, 0.2) is 54.6 Å². The Morgan fingerprint density at radius 3 is 2.74 bits per heavy atom. The first-order valence-electron chi connectivity index (χ1n) is 10.0. The highest BCUT2D eigenvalue weighted by Crippen LogP contribution is 2.26. The maximum absolute atomic E-state index is 13.0. The summed E-state index contributed by atoms with van der Waals surface area (Å²) in [6.45, 7) is 2.25. The normalized spacial score (nSPS) is 14.8. The molecule has 3 N–H and O–H groups in total. The second-order valence-electron chi connectivity index (χ2n) is 7.59. The molecule has 0 fully saturated rings. The highest BCUT2D eigenvalue weighted by molar-refractivity contribution is 6.30. The number of nitrogens with one attached hydrogen (secondary N) is 1. The molecule has 1 atom stereocenters. The van der Waals surface area contributed by atoms with Crippen molar-refractivity contribution in [1.82, 2.24) is 10.3 Å². The lowest BCUT2D eigenvalue weighted by atomic mass is 9.90. The second kappa shape index (κ2) is 10.0. The summed E-state index contributed by atoms with van der Waals surface area (Å²) in [5, 5.41) is 3.82. The van der Waals surface area contributed by atoms with E-state index < -0.39 is 0 Å². The lowest BCUT2D eigenvalue weighted by Crippen LogP contribution is -2.39. The van der Waals surface area contributed by atoms with E-state index in [1.54, 1.807) is 12.1 Å². The Kier molecular flexibility index (Phi) is 7.42. The molecule has 1 unspecified atom stereocenters. The average Bonchev–Trinajstić information content (AvgIpc) is 2.74. The number of benzene rings is 2. The number of nitrogens with two attached hydrogens (primary N) is 1. The summed E-state index contributed by atoms with van der Waals surface area (Å²) in [4.78, 5) is 17.6. The Morgan fingerprint density at radius 1 is 1.23 bits per heavy atom. The zero-order chi connectivity index (χ0) is 21.1. The lowest BCUT2D eigenvalue weighted by molar-refractivity contribution is 0.0931. The molecular formula is C24H25Cl2N3O2. The minimum Gasteiger partial charge on any atom is -0.489 e. The van der Waals surface area contributed by atoms with Gasteiger partial charge in [-0.2, -0.15) is 0 Å².